The van der Waals surface area contributed by atoms with Crippen LogP contribution < -0.4 is 11.1 Å². The van der Waals surface area contributed by atoms with E-state index in [2.05, 4.69) is 22.4 Å². The lowest BCUT2D eigenvalue weighted by atomic mass is 10.1. The van der Waals surface area contributed by atoms with Crippen LogP contribution in [0.2, 0.25) is 0 Å². The number of para-hydroxylation sites is 1. The predicted octanol–water partition coefficient (Wildman–Crippen LogP) is 1.95. The number of nitrogens with one attached hydrogen (secondary N) is 2. The molecular formula is C16H21N3O. The van der Waals surface area contributed by atoms with Crippen LogP contribution in [-0.4, -0.2) is 23.5 Å². The van der Waals surface area contributed by atoms with Crippen molar-refractivity contribution in [3.8, 4) is 0 Å². The molecule has 1 saturated carbocycles. The summed E-state index contributed by atoms with van der Waals surface area (Å²) in [6.07, 6.45) is 5.69. The highest BCUT2D eigenvalue weighted by molar-refractivity contribution is 5.83. The molecule has 4 heteroatoms. The molecule has 2 aromatic rings. The zero-order valence-corrected chi connectivity index (χ0v) is 11.6. The van der Waals surface area contributed by atoms with Crippen molar-refractivity contribution in [2.75, 3.05) is 6.54 Å². The topological polar surface area (TPSA) is 70.9 Å². The van der Waals surface area contributed by atoms with Crippen LogP contribution in [-0.2, 0) is 11.2 Å². The van der Waals surface area contributed by atoms with Gasteiger partial charge in [-0.2, -0.15) is 0 Å². The van der Waals surface area contributed by atoms with Crippen LogP contribution in [0.3, 0.4) is 0 Å². The molecule has 0 saturated heterocycles. The summed E-state index contributed by atoms with van der Waals surface area (Å²) >= 11 is 0. The molecule has 1 aliphatic carbocycles. The highest BCUT2D eigenvalue weighted by Crippen LogP contribution is 2.32. The van der Waals surface area contributed by atoms with Gasteiger partial charge in [0, 0.05) is 36.1 Å². The third-order valence-corrected chi connectivity index (χ3v) is 4.04. The molecule has 4 N–H and O–H groups in total. The van der Waals surface area contributed by atoms with Gasteiger partial charge < -0.3 is 16.0 Å². The number of hydrogen-bond acceptors (Lipinski definition) is 2. The SMILES string of the molecule is NC(CC(=O)NCCc1c[nH]c2ccccc12)C1CC1. The lowest BCUT2D eigenvalue weighted by Crippen LogP contribution is -2.33. The summed E-state index contributed by atoms with van der Waals surface area (Å²) in [5.41, 5.74) is 8.34. The number of H-pyrrole nitrogens is 1. The van der Waals surface area contributed by atoms with Crippen molar-refractivity contribution in [3.05, 3.63) is 36.0 Å². The highest BCUT2D eigenvalue weighted by atomic mass is 16.1. The normalized spacial score (nSPS) is 16.2. The molecule has 1 heterocycles. The number of aromatic nitrogens is 1. The molecule has 1 atom stereocenters. The molecule has 1 aromatic carbocycles. The maximum Gasteiger partial charge on any atom is 0.221 e. The molecule has 1 fully saturated rings. The number of benzene rings is 1. The summed E-state index contributed by atoms with van der Waals surface area (Å²) in [4.78, 5) is 15.0. The van der Waals surface area contributed by atoms with Crippen molar-refractivity contribution in [2.24, 2.45) is 11.7 Å². The summed E-state index contributed by atoms with van der Waals surface area (Å²) < 4.78 is 0. The van der Waals surface area contributed by atoms with Gasteiger partial charge in [-0.05, 0) is 36.8 Å². The standard InChI is InChI=1S/C16H21N3O/c17-14(11-5-6-11)9-16(20)18-8-7-12-10-19-15-4-2-1-3-13(12)15/h1-4,10-11,14,19H,5-9,17H2,(H,18,20). The maximum absolute atomic E-state index is 11.8. The number of rotatable bonds is 6. The van der Waals surface area contributed by atoms with E-state index in [9.17, 15) is 4.79 Å². The molecule has 1 aromatic heterocycles. The fraction of sp³-hybridized carbons (Fsp3) is 0.438. The minimum atomic E-state index is 0.0445. The zero-order valence-electron chi connectivity index (χ0n) is 11.6. The quantitative estimate of drug-likeness (QED) is 0.751. The van der Waals surface area contributed by atoms with Crippen molar-refractivity contribution in [1.29, 1.82) is 0 Å². The molecule has 1 unspecified atom stereocenters. The summed E-state index contributed by atoms with van der Waals surface area (Å²) in [6.45, 7) is 0.665. The second kappa shape index (κ2) is 5.67. The third kappa shape index (κ3) is 3.02. The number of fused-ring (bicyclic) bond motifs is 1. The average molecular weight is 271 g/mol. The van der Waals surface area contributed by atoms with Crippen LogP contribution in [0.25, 0.3) is 10.9 Å². The number of carbonyl (C=O) groups excluding carboxylic acids is 1. The van der Waals surface area contributed by atoms with Gasteiger partial charge in [0.25, 0.3) is 0 Å². The second-order valence-corrected chi connectivity index (χ2v) is 5.66. The van der Waals surface area contributed by atoms with Gasteiger partial charge in [-0.3, -0.25) is 4.79 Å². The van der Waals surface area contributed by atoms with E-state index in [0.29, 0.717) is 18.9 Å². The van der Waals surface area contributed by atoms with Crippen LogP contribution in [0.5, 0.6) is 0 Å². The molecule has 0 spiro atoms. The highest BCUT2D eigenvalue weighted by Gasteiger charge is 2.29. The smallest absolute Gasteiger partial charge is 0.221 e. The molecule has 1 aliphatic rings. The Balaban J connectivity index is 1.48. The first kappa shape index (κ1) is 13.2. The van der Waals surface area contributed by atoms with Crippen LogP contribution in [0.1, 0.15) is 24.8 Å². The minimum absolute atomic E-state index is 0.0445. The van der Waals surface area contributed by atoms with Crippen LogP contribution >= 0.6 is 0 Å². The molecule has 0 radical (unpaired) electrons. The summed E-state index contributed by atoms with van der Waals surface area (Å²) in [7, 11) is 0. The van der Waals surface area contributed by atoms with Crippen molar-refractivity contribution < 1.29 is 4.79 Å². The lowest BCUT2D eigenvalue weighted by molar-refractivity contribution is -0.121. The summed E-state index contributed by atoms with van der Waals surface area (Å²) in [5.74, 6) is 0.651. The van der Waals surface area contributed by atoms with E-state index >= 15 is 0 Å². The van der Waals surface area contributed by atoms with E-state index in [4.69, 9.17) is 5.73 Å². The van der Waals surface area contributed by atoms with E-state index in [0.717, 1.165) is 11.9 Å². The first-order valence-corrected chi connectivity index (χ1v) is 7.31. The van der Waals surface area contributed by atoms with Gasteiger partial charge in [-0.25, -0.2) is 0 Å². The minimum Gasteiger partial charge on any atom is -0.361 e. The molecule has 0 bridgehead atoms. The van der Waals surface area contributed by atoms with E-state index in [-0.39, 0.29) is 11.9 Å². The van der Waals surface area contributed by atoms with Gasteiger partial charge in [0.2, 0.25) is 5.91 Å². The van der Waals surface area contributed by atoms with Gasteiger partial charge in [-0.1, -0.05) is 18.2 Å². The Morgan fingerprint density at radius 1 is 1.40 bits per heavy atom. The van der Waals surface area contributed by atoms with Gasteiger partial charge in [0.1, 0.15) is 0 Å². The summed E-state index contributed by atoms with van der Waals surface area (Å²) in [5, 5.41) is 4.20. The molecule has 3 rings (SSSR count). The molecule has 20 heavy (non-hydrogen) atoms. The van der Waals surface area contributed by atoms with E-state index in [1.165, 1.54) is 23.8 Å². The Hall–Kier alpha value is -1.81. The van der Waals surface area contributed by atoms with E-state index in [1.807, 2.05) is 18.3 Å². The Bertz CT molecular complexity index is 601. The van der Waals surface area contributed by atoms with Gasteiger partial charge >= 0.3 is 0 Å². The Morgan fingerprint density at radius 2 is 2.20 bits per heavy atom. The maximum atomic E-state index is 11.8. The molecule has 1 amide bonds. The summed E-state index contributed by atoms with van der Waals surface area (Å²) in [6, 6.07) is 8.26. The van der Waals surface area contributed by atoms with Crippen LogP contribution in [0.15, 0.2) is 30.5 Å². The monoisotopic (exact) mass is 271 g/mol. The second-order valence-electron chi connectivity index (χ2n) is 5.66. The largest absolute Gasteiger partial charge is 0.361 e. The van der Waals surface area contributed by atoms with Gasteiger partial charge in [0.05, 0.1) is 0 Å². The third-order valence-electron chi connectivity index (χ3n) is 4.04. The molecular weight excluding hydrogens is 250 g/mol. The zero-order chi connectivity index (χ0) is 13.9. The predicted molar refractivity (Wildman–Crippen MR) is 80.3 cm³/mol. The van der Waals surface area contributed by atoms with E-state index in [1.54, 1.807) is 0 Å². The number of nitrogens with two attached hydrogens (primary N) is 1. The Labute approximate surface area is 118 Å². The first-order chi connectivity index (χ1) is 9.74. The number of amides is 1. The average Bonchev–Trinajstić information content (AvgIpc) is 3.22. The fourth-order valence-electron chi connectivity index (χ4n) is 2.65. The van der Waals surface area contributed by atoms with Crippen molar-refractivity contribution >= 4 is 16.8 Å². The number of aromatic amines is 1. The van der Waals surface area contributed by atoms with Crippen molar-refractivity contribution in [1.82, 2.24) is 10.3 Å². The molecule has 4 nitrogen and oxygen atoms in total. The van der Waals surface area contributed by atoms with E-state index < -0.39 is 0 Å². The van der Waals surface area contributed by atoms with Gasteiger partial charge in [-0.15, -0.1) is 0 Å². The van der Waals surface area contributed by atoms with Gasteiger partial charge in [0.15, 0.2) is 0 Å². The number of hydrogen-bond donors (Lipinski definition) is 3. The lowest BCUT2D eigenvalue weighted by Gasteiger charge is -2.10. The molecule has 106 valence electrons. The van der Waals surface area contributed by atoms with Crippen LogP contribution in [0, 0.1) is 5.92 Å². The first-order valence-electron chi connectivity index (χ1n) is 7.31. The molecule has 0 aliphatic heterocycles. The Morgan fingerprint density at radius 3 is 3.00 bits per heavy atom. The fourth-order valence-corrected chi connectivity index (χ4v) is 2.65. The van der Waals surface area contributed by atoms with Crippen molar-refractivity contribution in [3.63, 3.8) is 0 Å². The van der Waals surface area contributed by atoms with Crippen LogP contribution in [0.4, 0.5) is 0 Å². The Kier molecular flexibility index (Phi) is 3.74. The number of carbonyl (C=O) groups is 1. The van der Waals surface area contributed by atoms with Crippen molar-refractivity contribution in [2.45, 2.75) is 31.7 Å².